The van der Waals surface area contributed by atoms with Crippen LogP contribution < -0.4 is 5.32 Å². The van der Waals surface area contributed by atoms with E-state index in [9.17, 15) is 9.50 Å². The second kappa shape index (κ2) is 5.80. The quantitative estimate of drug-likeness (QED) is 0.810. The van der Waals surface area contributed by atoms with Gasteiger partial charge in [-0.1, -0.05) is 17.7 Å². The van der Waals surface area contributed by atoms with Crippen LogP contribution in [0.3, 0.4) is 0 Å². The summed E-state index contributed by atoms with van der Waals surface area (Å²) in [5.74, 6) is -0.532. The zero-order chi connectivity index (χ0) is 14.0. The summed E-state index contributed by atoms with van der Waals surface area (Å²) in [4.78, 5) is 0. The van der Waals surface area contributed by atoms with E-state index in [1.165, 1.54) is 6.07 Å². The first-order chi connectivity index (χ1) is 8.97. The summed E-state index contributed by atoms with van der Waals surface area (Å²) in [6.45, 7) is 1.84. The van der Waals surface area contributed by atoms with Crippen LogP contribution in [-0.2, 0) is 0 Å². The van der Waals surface area contributed by atoms with E-state index in [0.717, 1.165) is 16.2 Å². The summed E-state index contributed by atoms with van der Waals surface area (Å²) >= 11 is 9.34. The third-order valence-corrected chi connectivity index (χ3v) is 3.68. The normalized spacial score (nSPS) is 12.2. The molecule has 0 fully saturated rings. The lowest BCUT2D eigenvalue weighted by Gasteiger charge is -2.18. The van der Waals surface area contributed by atoms with Crippen molar-refractivity contribution >= 4 is 33.2 Å². The third kappa shape index (κ3) is 3.39. The smallest absolute Gasteiger partial charge is 0.132 e. The van der Waals surface area contributed by atoms with Crippen LogP contribution in [-0.4, -0.2) is 5.11 Å². The molecule has 0 aromatic heterocycles. The Labute approximate surface area is 124 Å². The van der Waals surface area contributed by atoms with Gasteiger partial charge >= 0.3 is 0 Å². The molecule has 2 aromatic carbocycles. The molecular formula is C14H12BrClFNO. The first-order valence-corrected chi connectivity index (χ1v) is 6.84. The predicted molar refractivity (Wildman–Crippen MR) is 79.3 cm³/mol. The third-order valence-electron chi connectivity index (χ3n) is 2.75. The Bertz CT molecular complexity index is 606. The summed E-state index contributed by atoms with van der Waals surface area (Å²) in [5, 5.41) is 13.0. The summed E-state index contributed by atoms with van der Waals surface area (Å²) < 4.78 is 14.6. The van der Waals surface area contributed by atoms with Crippen molar-refractivity contribution in [3.05, 3.63) is 57.3 Å². The minimum Gasteiger partial charge on any atom is -0.508 e. The number of phenolic OH excluding ortho intramolecular Hbond substituents is 1. The van der Waals surface area contributed by atoms with Crippen LogP contribution in [0.1, 0.15) is 18.5 Å². The Morgan fingerprint density at radius 1 is 1.26 bits per heavy atom. The molecule has 0 radical (unpaired) electrons. The Morgan fingerprint density at radius 3 is 2.68 bits per heavy atom. The van der Waals surface area contributed by atoms with E-state index < -0.39 is 5.82 Å². The molecule has 2 nitrogen and oxygen atoms in total. The molecule has 5 heteroatoms. The number of hydrogen-bond donors (Lipinski definition) is 2. The summed E-state index contributed by atoms with van der Waals surface area (Å²) in [6, 6.07) is 9.22. The van der Waals surface area contributed by atoms with Crippen molar-refractivity contribution in [1.29, 1.82) is 0 Å². The maximum Gasteiger partial charge on any atom is 0.132 e. The minimum absolute atomic E-state index is 0.0858. The van der Waals surface area contributed by atoms with Crippen LogP contribution in [0.4, 0.5) is 10.1 Å². The van der Waals surface area contributed by atoms with Gasteiger partial charge in [0.2, 0.25) is 0 Å². The maximum atomic E-state index is 13.7. The van der Waals surface area contributed by atoms with E-state index in [4.69, 9.17) is 11.6 Å². The highest BCUT2D eigenvalue weighted by Crippen LogP contribution is 2.30. The molecule has 1 atom stereocenters. The fourth-order valence-electron chi connectivity index (χ4n) is 1.79. The molecule has 2 rings (SSSR count). The lowest BCUT2D eigenvalue weighted by molar-refractivity contribution is 0.467. The molecule has 0 saturated heterocycles. The van der Waals surface area contributed by atoms with Gasteiger partial charge in [-0.05, 0) is 47.1 Å². The van der Waals surface area contributed by atoms with E-state index >= 15 is 0 Å². The van der Waals surface area contributed by atoms with Gasteiger partial charge in [-0.2, -0.15) is 0 Å². The molecule has 0 aliphatic rings. The van der Waals surface area contributed by atoms with E-state index in [1.54, 1.807) is 18.2 Å². The molecule has 19 heavy (non-hydrogen) atoms. The number of benzene rings is 2. The van der Waals surface area contributed by atoms with Crippen LogP contribution in [0.5, 0.6) is 5.75 Å². The van der Waals surface area contributed by atoms with Crippen LogP contribution >= 0.6 is 27.5 Å². The fourth-order valence-corrected chi connectivity index (χ4v) is 2.32. The Hall–Kier alpha value is -1.26. The molecule has 0 saturated carbocycles. The van der Waals surface area contributed by atoms with Crippen molar-refractivity contribution in [2.75, 3.05) is 5.32 Å². The fraction of sp³-hybridized carbons (Fsp3) is 0.143. The second-order valence-corrected chi connectivity index (χ2v) is 5.49. The van der Waals surface area contributed by atoms with Gasteiger partial charge in [-0.3, -0.25) is 0 Å². The summed E-state index contributed by atoms with van der Waals surface area (Å²) in [5.41, 5.74) is 1.26. The average molecular weight is 345 g/mol. The van der Waals surface area contributed by atoms with Crippen molar-refractivity contribution in [2.24, 2.45) is 0 Å². The molecule has 0 bridgehead atoms. The molecule has 2 aromatic rings. The second-order valence-electron chi connectivity index (χ2n) is 4.20. The first kappa shape index (κ1) is 14.2. The number of hydrogen-bond acceptors (Lipinski definition) is 2. The van der Waals surface area contributed by atoms with Gasteiger partial charge in [0.25, 0.3) is 0 Å². The molecule has 0 aliphatic heterocycles. The van der Waals surface area contributed by atoms with E-state index in [0.29, 0.717) is 10.6 Å². The van der Waals surface area contributed by atoms with Crippen LogP contribution in [0, 0.1) is 5.82 Å². The molecule has 1 unspecified atom stereocenters. The van der Waals surface area contributed by atoms with Crippen molar-refractivity contribution in [3.63, 3.8) is 0 Å². The highest BCUT2D eigenvalue weighted by molar-refractivity contribution is 9.10. The topological polar surface area (TPSA) is 32.3 Å². The molecule has 2 N–H and O–H groups in total. The van der Waals surface area contributed by atoms with Gasteiger partial charge < -0.3 is 10.4 Å². The van der Waals surface area contributed by atoms with Crippen molar-refractivity contribution in [2.45, 2.75) is 13.0 Å². The number of rotatable bonds is 3. The molecule has 0 spiro atoms. The number of nitrogens with one attached hydrogen (secondary N) is 1. The van der Waals surface area contributed by atoms with Gasteiger partial charge in [-0.15, -0.1) is 0 Å². The molecule has 0 amide bonds. The number of halogens is 3. The number of anilines is 1. The molecular weight excluding hydrogens is 333 g/mol. The first-order valence-electron chi connectivity index (χ1n) is 5.67. The standard InChI is InChI=1S/C14H12BrClFNO/c1-8(11-4-3-10(19)7-13(11)17)18-14-6-9(16)2-5-12(14)15/h2-8,18-19H,1H3. The Morgan fingerprint density at radius 2 is 2.00 bits per heavy atom. The van der Waals surface area contributed by atoms with Gasteiger partial charge in [-0.25, -0.2) is 4.39 Å². The highest BCUT2D eigenvalue weighted by atomic mass is 79.9. The van der Waals surface area contributed by atoms with Crippen molar-refractivity contribution in [1.82, 2.24) is 0 Å². The average Bonchev–Trinajstić information content (AvgIpc) is 2.33. The lowest BCUT2D eigenvalue weighted by atomic mass is 10.1. The monoisotopic (exact) mass is 343 g/mol. The van der Waals surface area contributed by atoms with E-state index in [-0.39, 0.29) is 11.8 Å². The highest BCUT2D eigenvalue weighted by Gasteiger charge is 2.12. The SMILES string of the molecule is CC(Nc1cc(Cl)ccc1Br)c1ccc(O)cc1F. The minimum atomic E-state index is -0.446. The summed E-state index contributed by atoms with van der Waals surface area (Å²) in [6.07, 6.45) is 0. The van der Waals surface area contributed by atoms with Crippen molar-refractivity contribution < 1.29 is 9.50 Å². The van der Waals surface area contributed by atoms with Gasteiger partial charge in [0.15, 0.2) is 0 Å². The maximum absolute atomic E-state index is 13.7. The summed E-state index contributed by atoms with van der Waals surface area (Å²) in [7, 11) is 0. The lowest BCUT2D eigenvalue weighted by Crippen LogP contribution is -2.09. The Kier molecular flexibility index (Phi) is 4.32. The molecule has 100 valence electrons. The van der Waals surface area contributed by atoms with Gasteiger partial charge in [0.1, 0.15) is 11.6 Å². The molecule has 0 aliphatic carbocycles. The van der Waals surface area contributed by atoms with Crippen molar-refractivity contribution in [3.8, 4) is 5.75 Å². The largest absolute Gasteiger partial charge is 0.508 e. The zero-order valence-corrected chi connectivity index (χ0v) is 12.5. The number of phenols is 1. The molecule has 0 heterocycles. The van der Waals surface area contributed by atoms with Crippen LogP contribution in [0.15, 0.2) is 40.9 Å². The van der Waals surface area contributed by atoms with Gasteiger partial charge in [0.05, 0.1) is 11.7 Å². The van der Waals surface area contributed by atoms with E-state index in [2.05, 4.69) is 21.2 Å². The van der Waals surface area contributed by atoms with Crippen LogP contribution in [0.25, 0.3) is 0 Å². The van der Waals surface area contributed by atoms with Gasteiger partial charge in [0, 0.05) is 21.1 Å². The zero-order valence-electron chi connectivity index (χ0n) is 10.1. The number of aromatic hydroxyl groups is 1. The Balaban J connectivity index is 2.25. The predicted octanol–water partition coefficient (Wildman–Crippen LogP) is 5.12. The van der Waals surface area contributed by atoms with Crippen LogP contribution in [0.2, 0.25) is 5.02 Å². The van der Waals surface area contributed by atoms with E-state index in [1.807, 2.05) is 13.0 Å².